The van der Waals surface area contributed by atoms with Crippen LogP contribution in [-0.2, 0) is 19.4 Å². The third-order valence-electron chi connectivity index (χ3n) is 0.780. The third kappa shape index (κ3) is 5.80. The summed E-state index contributed by atoms with van der Waals surface area (Å²) in [6, 6.07) is 0. The van der Waals surface area contributed by atoms with Crippen molar-refractivity contribution in [3.63, 3.8) is 0 Å². The van der Waals surface area contributed by atoms with Crippen molar-refractivity contribution in [3.8, 4) is 0 Å². The van der Waals surface area contributed by atoms with Crippen molar-refractivity contribution in [1.82, 2.24) is 0 Å². The Morgan fingerprint density at radius 3 is 2.67 bits per heavy atom. The summed E-state index contributed by atoms with van der Waals surface area (Å²) in [7, 11) is 0. The number of nitrogens with zero attached hydrogens (tertiary/aromatic N) is 1. The van der Waals surface area contributed by atoms with Crippen molar-refractivity contribution < 1.29 is 19.4 Å². The predicted octanol–water partition coefficient (Wildman–Crippen LogP) is 0.419. The van der Waals surface area contributed by atoms with Crippen LogP contribution in [0.1, 0.15) is 13.8 Å². The van der Waals surface area contributed by atoms with Crippen LogP contribution in [0.2, 0.25) is 0 Å². The maximum absolute atomic E-state index is 5.31. The molecule has 0 unspecified atom stereocenters. The molecule has 0 saturated carbocycles. The Morgan fingerprint density at radius 2 is 2.33 bits per heavy atom. The van der Waals surface area contributed by atoms with Gasteiger partial charge in [-0.15, -0.1) is 0 Å². The van der Waals surface area contributed by atoms with Gasteiger partial charge < -0.3 is 0 Å². The average Bonchev–Trinajstić information content (AvgIpc) is 1.83. The molecule has 0 fully saturated rings. The fourth-order valence-electron chi connectivity index (χ4n) is 0.225. The predicted molar refractivity (Wildman–Crippen MR) is 35.8 cm³/mol. The Labute approximate surface area is 66.3 Å². The molecular weight excluding hydrogens is 284 g/mol. The number of allylic oxidation sites excluding steroid dienone is 2. The van der Waals surface area contributed by atoms with Crippen LogP contribution in [0.5, 0.6) is 0 Å². The van der Waals surface area contributed by atoms with E-state index in [0.717, 1.165) is 5.57 Å². The Hall–Kier alpha value is -0.0717. The molecule has 0 aromatic carbocycles. The van der Waals surface area contributed by atoms with Gasteiger partial charge in [0.2, 0.25) is 0 Å². The van der Waals surface area contributed by atoms with Crippen molar-refractivity contribution in [2.45, 2.75) is 13.8 Å². The maximum atomic E-state index is 5.31. The van der Waals surface area contributed by atoms with E-state index >= 15 is 0 Å². The zero-order valence-corrected chi connectivity index (χ0v) is 8.44. The molecule has 0 aromatic rings. The first kappa shape index (κ1) is 8.93. The van der Waals surface area contributed by atoms with Crippen LogP contribution in [0.3, 0.4) is 0 Å². The fraction of sp³-hybridized carbons (Fsp3) is 0.333. The van der Waals surface area contributed by atoms with Crippen molar-refractivity contribution in [2.24, 2.45) is 10.7 Å². The second-order valence-electron chi connectivity index (χ2n) is 1.53. The van der Waals surface area contributed by atoms with E-state index in [1.54, 1.807) is 6.21 Å². The molecule has 2 nitrogen and oxygen atoms in total. The van der Waals surface area contributed by atoms with Gasteiger partial charge in [-0.3, -0.25) is 0 Å². The first-order valence-electron chi connectivity index (χ1n) is 2.51. The molecule has 9 heavy (non-hydrogen) atoms. The van der Waals surface area contributed by atoms with Gasteiger partial charge in [0.15, 0.2) is 0 Å². The van der Waals surface area contributed by atoms with E-state index in [-0.39, 0.29) is 0 Å². The van der Waals surface area contributed by atoms with E-state index in [1.807, 2.05) is 13.8 Å². The summed E-state index contributed by atoms with van der Waals surface area (Å²) in [5.41, 5.74) is 6.32. The average molecular weight is 293 g/mol. The number of nitrogens with two attached hydrogens (primary N) is 1. The summed E-state index contributed by atoms with van der Waals surface area (Å²) in [5.74, 6) is 0. The molecule has 0 aliphatic carbocycles. The number of hydrogen-bond donors (Lipinski definition) is 1. The molecule has 0 heterocycles. The van der Waals surface area contributed by atoms with Crippen LogP contribution in [0, 0.1) is 6.08 Å². The zero-order valence-electron chi connectivity index (χ0n) is 5.51. The summed E-state index contributed by atoms with van der Waals surface area (Å²) in [4.78, 5) is 3.90. The Kier molecular flexibility index (Phi) is 4.74. The molecule has 50 valence electrons. The van der Waals surface area contributed by atoms with Gasteiger partial charge in [0.05, 0.1) is 0 Å². The first-order valence-corrected chi connectivity index (χ1v) is 3.98. The van der Waals surface area contributed by atoms with Crippen LogP contribution in [-0.4, -0.2) is 10.4 Å². The second-order valence-corrected chi connectivity index (χ2v) is 3.03. The Bertz CT molecular complexity index is 158. The first-order chi connectivity index (χ1) is 4.16. The van der Waals surface area contributed by atoms with Crippen molar-refractivity contribution in [3.05, 3.63) is 11.6 Å². The molecule has 0 spiro atoms. The van der Waals surface area contributed by atoms with Gasteiger partial charge in [-0.2, -0.15) is 0 Å². The van der Waals surface area contributed by atoms with E-state index in [1.165, 1.54) is 19.4 Å². The van der Waals surface area contributed by atoms with Crippen LogP contribution >= 0.6 is 0 Å². The van der Waals surface area contributed by atoms with Gasteiger partial charge >= 0.3 is 65.9 Å². The van der Waals surface area contributed by atoms with Crippen molar-refractivity contribution >= 4 is 10.4 Å². The summed E-state index contributed by atoms with van der Waals surface area (Å²) >= 11 is 1.20. The summed E-state index contributed by atoms with van der Waals surface area (Å²) in [6.07, 6.45) is 4.64. The topological polar surface area (TPSA) is 38.4 Å². The van der Waals surface area contributed by atoms with Crippen LogP contribution in [0.15, 0.2) is 10.6 Å². The molecule has 0 aliphatic heterocycles. The standard InChI is InChI=1S/C6H9N2.W/c1-3-6(2)4-8-5-7;/h4H,7H2,1-2H3;/q-1;/b8-4-;. The summed E-state index contributed by atoms with van der Waals surface area (Å²) in [5, 5.41) is 0. The Balaban J connectivity index is 3.86. The van der Waals surface area contributed by atoms with Crippen molar-refractivity contribution in [1.29, 1.82) is 0 Å². The molecule has 3 heteroatoms. The molecule has 0 saturated heterocycles. The molecule has 0 amide bonds. The summed E-state index contributed by atoms with van der Waals surface area (Å²) < 4.78 is 0.657. The third-order valence-corrected chi connectivity index (χ3v) is 1.16. The zero-order chi connectivity index (χ0) is 7.28. The SMILES string of the molecule is C[C-]=C(C)/C=N\[C](N)=[W]. The molecule has 0 bridgehead atoms. The van der Waals surface area contributed by atoms with Crippen molar-refractivity contribution in [2.75, 3.05) is 0 Å². The van der Waals surface area contributed by atoms with Gasteiger partial charge in [-0.05, 0) is 0 Å². The monoisotopic (exact) mass is 293 g/mol. The molecule has 0 radical (unpaired) electrons. The molecule has 0 rings (SSSR count). The molecular formula is C6H9N2W-. The molecule has 2 N–H and O–H groups in total. The second kappa shape index (κ2) is 4.77. The van der Waals surface area contributed by atoms with E-state index in [9.17, 15) is 0 Å². The molecule has 0 atom stereocenters. The van der Waals surface area contributed by atoms with Gasteiger partial charge in [0.1, 0.15) is 0 Å². The van der Waals surface area contributed by atoms with E-state index in [0.29, 0.717) is 4.15 Å². The molecule has 0 aliphatic rings. The van der Waals surface area contributed by atoms with Crippen LogP contribution < -0.4 is 5.73 Å². The number of rotatable bonds is 2. The summed E-state index contributed by atoms with van der Waals surface area (Å²) in [6.45, 7) is 3.78. The van der Waals surface area contributed by atoms with Crippen LogP contribution in [0.4, 0.5) is 0 Å². The fourth-order valence-corrected chi connectivity index (χ4v) is 0.414. The van der Waals surface area contributed by atoms with Gasteiger partial charge in [-0.25, -0.2) is 0 Å². The van der Waals surface area contributed by atoms with Gasteiger partial charge in [0, 0.05) is 0 Å². The van der Waals surface area contributed by atoms with Gasteiger partial charge in [-0.1, -0.05) is 0 Å². The molecule has 0 aromatic heterocycles. The van der Waals surface area contributed by atoms with E-state index < -0.39 is 0 Å². The minimum absolute atomic E-state index is 0.657. The number of aliphatic imine (C=N–C) groups is 1. The van der Waals surface area contributed by atoms with Crippen LogP contribution in [0.25, 0.3) is 0 Å². The number of hydrogen-bond acceptors (Lipinski definition) is 2. The Morgan fingerprint density at radius 1 is 1.78 bits per heavy atom. The van der Waals surface area contributed by atoms with E-state index in [2.05, 4.69) is 11.1 Å². The normalized spacial score (nSPS) is 12.6. The quantitative estimate of drug-likeness (QED) is 0.581. The minimum atomic E-state index is 0.657. The van der Waals surface area contributed by atoms with E-state index in [4.69, 9.17) is 5.73 Å². The van der Waals surface area contributed by atoms with Gasteiger partial charge in [0.25, 0.3) is 0 Å².